The molecule has 0 nitrogen and oxygen atoms in total. The summed E-state index contributed by atoms with van der Waals surface area (Å²) in [4.78, 5) is 0. The second kappa shape index (κ2) is 12.3. The van der Waals surface area contributed by atoms with Crippen LogP contribution in [-0.2, 0) is 26.2 Å². The molecule has 0 unspecified atom stereocenters. The molecule has 2 heteroatoms. The van der Waals surface area contributed by atoms with Crippen LogP contribution in [0.25, 0.3) is 43.1 Å². The van der Waals surface area contributed by atoms with E-state index < -0.39 is 8.07 Å². The third kappa shape index (κ3) is 4.50. The van der Waals surface area contributed by atoms with Gasteiger partial charge in [0.05, 0.1) is 8.07 Å². The van der Waals surface area contributed by atoms with E-state index in [1.807, 2.05) is 0 Å². The first kappa shape index (κ1) is 31.6. The van der Waals surface area contributed by atoms with Crippen LogP contribution in [0.15, 0.2) is 146 Å². The number of rotatable bonds is 4. The van der Waals surface area contributed by atoms with E-state index in [-0.39, 0.29) is 41.1 Å². The maximum Gasteiger partial charge on any atom is 4.00 e. The average Bonchev–Trinajstić information content (AvgIpc) is 3.55. The van der Waals surface area contributed by atoms with Crippen LogP contribution in [0.2, 0.25) is 0 Å². The van der Waals surface area contributed by atoms with Crippen LogP contribution >= 0.6 is 0 Å². The molecule has 0 saturated heterocycles. The van der Waals surface area contributed by atoms with Crippen molar-refractivity contribution in [2.24, 2.45) is 0 Å². The fourth-order valence-corrected chi connectivity index (χ4v) is 13.4. The second-order valence-electron chi connectivity index (χ2n) is 11.4. The number of aryl methyl sites for hydroxylation is 2. The molecule has 0 bridgehead atoms. The molecule has 8 rings (SSSR count). The van der Waals surface area contributed by atoms with Crippen LogP contribution in [0, 0.1) is 28.7 Å². The van der Waals surface area contributed by atoms with E-state index >= 15 is 0 Å². The fraction of sp³-hybridized carbons (Fsp3) is 0.0476. The van der Waals surface area contributed by atoms with Crippen molar-refractivity contribution in [3.63, 3.8) is 0 Å². The molecule has 0 aliphatic rings. The van der Waals surface area contributed by atoms with Gasteiger partial charge in [-0.05, 0) is 10.8 Å². The molecule has 44 heavy (non-hydrogen) atoms. The van der Waals surface area contributed by atoms with Gasteiger partial charge in [-0.25, -0.2) is 0 Å². The average molecular weight is 660 g/mol. The Labute approximate surface area is 281 Å². The molecule has 0 N–H and O–H groups in total. The number of hydrogen-bond acceptors (Lipinski definition) is 0. The normalized spacial score (nSPS) is 11.3. The number of benzene rings is 6. The molecule has 0 aliphatic heterocycles. The molecule has 212 valence electrons. The van der Waals surface area contributed by atoms with E-state index in [1.54, 1.807) is 0 Å². The zero-order valence-electron chi connectivity index (χ0n) is 25.9. The Hall–Kier alpha value is -3.84. The fourth-order valence-electron chi connectivity index (χ4n) is 7.59. The molecule has 0 spiro atoms. The molecule has 8 aromatic carbocycles. The van der Waals surface area contributed by atoms with E-state index in [1.165, 1.54) is 75.0 Å². The molecule has 0 heterocycles. The summed E-state index contributed by atoms with van der Waals surface area (Å²) in [5, 5.41) is 16.7. The number of hydrogen-bond donors (Lipinski definition) is 0. The van der Waals surface area contributed by atoms with Crippen molar-refractivity contribution in [1.29, 1.82) is 0 Å². The summed E-state index contributed by atoms with van der Waals surface area (Å²) in [5.41, 5.74) is 2.76. The van der Waals surface area contributed by atoms with E-state index in [0.717, 1.165) is 0 Å². The van der Waals surface area contributed by atoms with Gasteiger partial charge < -0.3 is 14.9 Å². The first-order chi connectivity index (χ1) is 20.2. The Morgan fingerprint density at radius 3 is 1.20 bits per heavy atom. The van der Waals surface area contributed by atoms with Crippen molar-refractivity contribution < 1.29 is 26.2 Å². The SMILES string of the molecule is Cc1[cH-]c2ccc3ccccc3c2c1[Si](c1ccccc1)(c1ccccc1)c1c(C)[cH-]c2ccc3ccccc3c12.[CH3-].[CH3-].[Zr+4]. The van der Waals surface area contributed by atoms with Crippen molar-refractivity contribution in [2.75, 3.05) is 0 Å². The van der Waals surface area contributed by atoms with Gasteiger partial charge in [-0.2, -0.15) is 0 Å². The van der Waals surface area contributed by atoms with E-state index in [4.69, 9.17) is 0 Å². The molecular formula is C42H36SiZr. The van der Waals surface area contributed by atoms with E-state index in [0.29, 0.717) is 0 Å². The Bertz CT molecular complexity index is 2060. The summed E-state index contributed by atoms with van der Waals surface area (Å²) in [5.74, 6) is 0. The monoisotopic (exact) mass is 658 g/mol. The minimum absolute atomic E-state index is 0. The van der Waals surface area contributed by atoms with Gasteiger partial charge in [-0.1, -0.05) is 156 Å². The smallest absolute Gasteiger partial charge is 0.358 e. The summed E-state index contributed by atoms with van der Waals surface area (Å²) in [6.45, 7) is 4.69. The molecule has 0 atom stereocenters. The molecule has 0 fully saturated rings. The topological polar surface area (TPSA) is 0 Å². The van der Waals surface area contributed by atoms with Crippen molar-refractivity contribution in [3.8, 4) is 0 Å². The minimum atomic E-state index is -2.85. The third-order valence-electron chi connectivity index (χ3n) is 9.12. The maximum atomic E-state index is 2.43. The quantitative estimate of drug-likeness (QED) is 0.131. The number of fused-ring (bicyclic) bond motifs is 6. The molecule has 0 aliphatic carbocycles. The summed E-state index contributed by atoms with van der Waals surface area (Å²) >= 11 is 0. The zero-order valence-corrected chi connectivity index (χ0v) is 29.3. The summed E-state index contributed by atoms with van der Waals surface area (Å²) in [7, 11) is -2.85. The van der Waals surface area contributed by atoms with Crippen molar-refractivity contribution in [2.45, 2.75) is 13.8 Å². The second-order valence-corrected chi connectivity index (χ2v) is 15.0. The Morgan fingerprint density at radius 2 is 0.795 bits per heavy atom. The molecule has 0 amide bonds. The first-order valence-electron chi connectivity index (χ1n) is 14.5. The van der Waals surface area contributed by atoms with Gasteiger partial charge >= 0.3 is 26.2 Å². The maximum absolute atomic E-state index is 2.85. The van der Waals surface area contributed by atoms with Crippen LogP contribution in [0.5, 0.6) is 0 Å². The Balaban J connectivity index is 0.00000128. The first-order valence-corrected chi connectivity index (χ1v) is 16.5. The standard InChI is InChI=1S/C40H30Si.2CH3.Zr/c1-27-25-31-23-21-29-13-9-11-19-35(29)37(31)39(27)41(33-15-5-3-6-16-33,34-17-7-4-8-18-34)40-28(2)26-32-24-22-30-14-10-12-20-36(30)38(32)40;;;/h3-26H,1-2H3;2*1H3;/q-2;2*-1;+4. The largest absolute Gasteiger partial charge is 4.00 e. The van der Waals surface area contributed by atoms with Gasteiger partial charge in [0.2, 0.25) is 0 Å². The van der Waals surface area contributed by atoms with Crippen LogP contribution in [-0.4, -0.2) is 8.07 Å². The molecular weight excluding hydrogens is 624 g/mol. The van der Waals surface area contributed by atoms with Crippen molar-refractivity contribution in [1.82, 2.24) is 0 Å². The van der Waals surface area contributed by atoms with Crippen LogP contribution in [0.1, 0.15) is 11.1 Å². The predicted octanol–water partition coefficient (Wildman–Crippen LogP) is 8.63. The van der Waals surface area contributed by atoms with E-state index in [2.05, 4.69) is 159 Å². The van der Waals surface area contributed by atoms with Gasteiger partial charge in [0.1, 0.15) is 0 Å². The van der Waals surface area contributed by atoms with Crippen LogP contribution in [0.4, 0.5) is 0 Å². The summed E-state index contributed by atoms with van der Waals surface area (Å²) in [6, 6.07) is 54.8. The molecule has 8 aromatic rings. The minimum Gasteiger partial charge on any atom is -0.358 e. The Kier molecular flexibility index (Phi) is 8.81. The predicted molar refractivity (Wildman–Crippen MR) is 194 cm³/mol. The summed E-state index contributed by atoms with van der Waals surface area (Å²) in [6.07, 6.45) is 0. The summed E-state index contributed by atoms with van der Waals surface area (Å²) < 4.78 is 0. The van der Waals surface area contributed by atoms with Gasteiger partial charge in [0.15, 0.2) is 0 Å². The van der Waals surface area contributed by atoms with Crippen LogP contribution < -0.4 is 20.7 Å². The molecule has 0 radical (unpaired) electrons. The molecule has 0 saturated carbocycles. The van der Waals surface area contributed by atoms with E-state index in [9.17, 15) is 0 Å². The van der Waals surface area contributed by atoms with Crippen LogP contribution in [0.3, 0.4) is 0 Å². The molecule has 0 aromatic heterocycles. The van der Waals surface area contributed by atoms with Gasteiger partial charge in [-0.3, -0.25) is 0 Å². The zero-order chi connectivity index (χ0) is 27.6. The Morgan fingerprint density at radius 1 is 0.432 bits per heavy atom. The van der Waals surface area contributed by atoms with Crippen molar-refractivity contribution >= 4 is 71.9 Å². The third-order valence-corrected chi connectivity index (χ3v) is 14.3. The van der Waals surface area contributed by atoms with Gasteiger partial charge in [-0.15, -0.1) is 67.3 Å². The van der Waals surface area contributed by atoms with Gasteiger partial charge in [0.25, 0.3) is 0 Å². The van der Waals surface area contributed by atoms with Crippen molar-refractivity contribution in [3.05, 3.63) is 172 Å². The van der Waals surface area contributed by atoms with Gasteiger partial charge in [0, 0.05) is 0 Å².